The molecule has 1 N–H and O–H groups in total. The van der Waals surface area contributed by atoms with Crippen molar-refractivity contribution in [2.75, 3.05) is 0 Å². The van der Waals surface area contributed by atoms with E-state index in [1.807, 2.05) is 0 Å². The molecular formula is C14H13N3O3. The molecule has 0 aliphatic carbocycles. The minimum absolute atomic E-state index is 0.235. The largest absolute Gasteiger partial charge is 0.298 e. The summed E-state index contributed by atoms with van der Waals surface area (Å²) < 4.78 is 1.65. The van der Waals surface area contributed by atoms with Gasteiger partial charge < -0.3 is 0 Å². The number of carbonyl (C=O) groups excluding carboxylic acids is 3. The quantitative estimate of drug-likeness (QED) is 0.650. The predicted octanol–water partition coefficient (Wildman–Crippen LogP) is 0.906. The van der Waals surface area contributed by atoms with Gasteiger partial charge in [0.05, 0.1) is 17.1 Å². The minimum Gasteiger partial charge on any atom is -0.298 e. The van der Waals surface area contributed by atoms with Crippen molar-refractivity contribution in [3.05, 3.63) is 29.5 Å². The lowest BCUT2D eigenvalue weighted by molar-refractivity contribution is -0.134. The molecule has 20 heavy (non-hydrogen) atoms. The number of rotatable bonds is 2. The zero-order valence-corrected chi connectivity index (χ0v) is 10.9. The van der Waals surface area contributed by atoms with Gasteiger partial charge in [0.2, 0.25) is 11.8 Å². The summed E-state index contributed by atoms with van der Waals surface area (Å²) in [6.07, 6.45) is 1.57. The summed E-state index contributed by atoms with van der Waals surface area (Å²) in [6.45, 7) is 0. The van der Waals surface area contributed by atoms with Crippen molar-refractivity contribution in [1.82, 2.24) is 15.1 Å². The maximum Gasteiger partial charge on any atom is 0.235 e. The number of nitrogens with one attached hydrogen (secondary N) is 1. The van der Waals surface area contributed by atoms with Gasteiger partial charge in [-0.15, -0.1) is 0 Å². The number of imide groups is 1. The van der Waals surface area contributed by atoms with E-state index in [9.17, 15) is 14.4 Å². The number of hydrogen-bond acceptors (Lipinski definition) is 4. The van der Waals surface area contributed by atoms with E-state index in [1.165, 1.54) is 0 Å². The second kappa shape index (κ2) is 4.56. The van der Waals surface area contributed by atoms with Crippen molar-refractivity contribution in [3.63, 3.8) is 0 Å². The lowest BCUT2D eigenvalue weighted by Gasteiger charge is -2.21. The molecule has 0 bridgehead atoms. The summed E-state index contributed by atoms with van der Waals surface area (Å²) in [5.74, 6) is -0.906. The molecule has 1 aliphatic rings. The minimum atomic E-state index is -0.384. The van der Waals surface area contributed by atoms with Crippen molar-refractivity contribution in [1.29, 1.82) is 0 Å². The molecule has 1 aromatic carbocycles. The highest BCUT2D eigenvalue weighted by atomic mass is 16.2. The van der Waals surface area contributed by atoms with E-state index in [2.05, 4.69) is 10.4 Å². The first kappa shape index (κ1) is 12.5. The molecule has 3 rings (SSSR count). The molecule has 1 unspecified atom stereocenters. The van der Waals surface area contributed by atoms with Crippen LogP contribution in [0.4, 0.5) is 0 Å². The van der Waals surface area contributed by atoms with Gasteiger partial charge in [-0.25, -0.2) is 0 Å². The van der Waals surface area contributed by atoms with Gasteiger partial charge >= 0.3 is 0 Å². The molecule has 1 aromatic heterocycles. The van der Waals surface area contributed by atoms with E-state index < -0.39 is 0 Å². The first-order valence-electron chi connectivity index (χ1n) is 6.35. The average Bonchev–Trinajstić information content (AvgIpc) is 2.74. The summed E-state index contributed by atoms with van der Waals surface area (Å²) in [7, 11) is 1.76. The molecule has 2 aromatic rings. The summed E-state index contributed by atoms with van der Waals surface area (Å²) in [6, 6.07) is 5.19. The van der Waals surface area contributed by atoms with Crippen LogP contribution in [0.3, 0.4) is 0 Å². The summed E-state index contributed by atoms with van der Waals surface area (Å²) in [5, 5.41) is 7.54. The number of aryl methyl sites for hydroxylation is 1. The first-order valence-corrected chi connectivity index (χ1v) is 6.35. The number of piperidine rings is 1. The van der Waals surface area contributed by atoms with Crippen molar-refractivity contribution in [2.24, 2.45) is 7.05 Å². The number of fused-ring (bicyclic) bond motifs is 1. The number of carbonyl (C=O) groups is 3. The molecule has 6 nitrogen and oxygen atoms in total. The number of nitrogens with zero attached hydrogens (tertiary/aromatic N) is 2. The van der Waals surface area contributed by atoms with E-state index in [4.69, 9.17) is 0 Å². The molecule has 2 amide bonds. The van der Waals surface area contributed by atoms with Crippen LogP contribution in [0.25, 0.3) is 10.9 Å². The number of aromatic nitrogens is 2. The van der Waals surface area contributed by atoms with Crippen LogP contribution in [0.15, 0.2) is 18.2 Å². The number of aldehydes is 1. The average molecular weight is 271 g/mol. The van der Waals surface area contributed by atoms with Crippen LogP contribution in [0.1, 0.15) is 34.8 Å². The van der Waals surface area contributed by atoms with Crippen molar-refractivity contribution in [2.45, 2.75) is 18.8 Å². The Balaban J connectivity index is 2.11. The van der Waals surface area contributed by atoms with Gasteiger partial charge in [0.25, 0.3) is 0 Å². The Bertz CT molecular complexity index is 733. The highest BCUT2D eigenvalue weighted by Crippen LogP contribution is 2.30. The Morgan fingerprint density at radius 3 is 2.90 bits per heavy atom. The van der Waals surface area contributed by atoms with Crippen molar-refractivity contribution in [3.8, 4) is 0 Å². The number of benzene rings is 1. The summed E-state index contributed by atoms with van der Waals surface area (Å²) in [5.41, 5.74) is 2.00. The molecule has 1 saturated heterocycles. The molecule has 0 radical (unpaired) electrons. The Labute approximate surface area is 114 Å². The van der Waals surface area contributed by atoms with Gasteiger partial charge in [-0.1, -0.05) is 12.1 Å². The molecule has 1 aliphatic heterocycles. The molecule has 1 fully saturated rings. The van der Waals surface area contributed by atoms with E-state index in [1.54, 1.807) is 29.9 Å². The number of amides is 2. The lowest BCUT2D eigenvalue weighted by Crippen LogP contribution is -2.40. The van der Waals surface area contributed by atoms with Gasteiger partial charge in [0.15, 0.2) is 0 Å². The predicted molar refractivity (Wildman–Crippen MR) is 71.2 cm³/mol. The molecule has 2 heterocycles. The Kier molecular flexibility index (Phi) is 2.85. The fourth-order valence-electron chi connectivity index (χ4n) is 2.68. The van der Waals surface area contributed by atoms with E-state index in [0.29, 0.717) is 23.9 Å². The maximum absolute atomic E-state index is 12.0. The smallest absolute Gasteiger partial charge is 0.235 e. The highest BCUT2D eigenvalue weighted by Gasteiger charge is 2.31. The van der Waals surface area contributed by atoms with Gasteiger partial charge in [0.1, 0.15) is 6.29 Å². The Morgan fingerprint density at radius 2 is 2.20 bits per heavy atom. The molecule has 0 spiro atoms. The van der Waals surface area contributed by atoms with Gasteiger partial charge in [-0.3, -0.25) is 24.4 Å². The Morgan fingerprint density at radius 1 is 1.40 bits per heavy atom. The van der Waals surface area contributed by atoms with E-state index in [-0.39, 0.29) is 17.7 Å². The second-order valence-electron chi connectivity index (χ2n) is 4.91. The van der Waals surface area contributed by atoms with Gasteiger partial charge in [0, 0.05) is 24.4 Å². The van der Waals surface area contributed by atoms with E-state index >= 15 is 0 Å². The van der Waals surface area contributed by atoms with Crippen molar-refractivity contribution >= 4 is 29.0 Å². The third kappa shape index (κ3) is 1.89. The van der Waals surface area contributed by atoms with Crippen LogP contribution in [-0.2, 0) is 16.6 Å². The molecule has 0 saturated carbocycles. The monoisotopic (exact) mass is 271 g/mol. The Hall–Kier alpha value is -2.50. The third-order valence-electron chi connectivity index (χ3n) is 3.61. The van der Waals surface area contributed by atoms with Crippen LogP contribution in [-0.4, -0.2) is 27.9 Å². The van der Waals surface area contributed by atoms with Crippen LogP contribution in [0, 0.1) is 0 Å². The molecule has 6 heteroatoms. The summed E-state index contributed by atoms with van der Waals surface area (Å²) >= 11 is 0. The third-order valence-corrected chi connectivity index (χ3v) is 3.61. The number of hydrogen-bond donors (Lipinski definition) is 1. The zero-order valence-electron chi connectivity index (χ0n) is 10.9. The van der Waals surface area contributed by atoms with Crippen LogP contribution in [0.2, 0.25) is 0 Å². The first-order chi connectivity index (χ1) is 9.60. The van der Waals surface area contributed by atoms with Crippen LogP contribution in [0.5, 0.6) is 0 Å². The topological polar surface area (TPSA) is 81.1 Å². The highest BCUT2D eigenvalue weighted by molar-refractivity contribution is 6.02. The molecule has 102 valence electrons. The van der Waals surface area contributed by atoms with Crippen LogP contribution >= 0.6 is 0 Å². The molecular weight excluding hydrogens is 258 g/mol. The zero-order chi connectivity index (χ0) is 14.3. The lowest BCUT2D eigenvalue weighted by atomic mass is 9.92. The van der Waals surface area contributed by atoms with Crippen LogP contribution < -0.4 is 5.32 Å². The molecule has 1 atom stereocenters. The van der Waals surface area contributed by atoms with Crippen molar-refractivity contribution < 1.29 is 14.4 Å². The maximum atomic E-state index is 12.0. The fourth-order valence-corrected chi connectivity index (χ4v) is 2.68. The van der Waals surface area contributed by atoms with Gasteiger partial charge in [-0.05, 0) is 12.5 Å². The fraction of sp³-hybridized carbons (Fsp3) is 0.286. The van der Waals surface area contributed by atoms with E-state index in [0.717, 1.165) is 17.4 Å². The second-order valence-corrected chi connectivity index (χ2v) is 4.91. The SMILES string of the molecule is Cn1nc2cc(C=O)ccc2c1C1CCC(=O)NC1=O. The standard InChI is InChI=1S/C14H13N3O3/c1-17-13(10-4-5-12(19)15-14(10)20)9-3-2-8(7-18)6-11(9)16-17/h2-3,6-7,10H,4-5H2,1H3,(H,15,19,20). The summed E-state index contributed by atoms with van der Waals surface area (Å²) in [4.78, 5) is 34.0. The normalized spacial score (nSPS) is 19.1. The van der Waals surface area contributed by atoms with Gasteiger partial charge in [-0.2, -0.15) is 5.10 Å².